The molecule has 0 radical (unpaired) electrons. The van der Waals surface area contributed by atoms with Crippen LogP contribution in [0.25, 0.3) is 17.1 Å². The third-order valence-electron chi connectivity index (χ3n) is 4.58. The van der Waals surface area contributed by atoms with Crippen molar-refractivity contribution in [2.45, 2.75) is 13.8 Å². The number of nitrogens with zero attached hydrogens (tertiary/aromatic N) is 3. The summed E-state index contributed by atoms with van der Waals surface area (Å²) in [7, 11) is 0. The number of hydrogen-bond donors (Lipinski definition) is 1. The molecule has 0 aliphatic rings. The van der Waals surface area contributed by atoms with Crippen molar-refractivity contribution in [3.05, 3.63) is 89.2 Å². The Hall–Kier alpha value is -3.64. The quantitative estimate of drug-likeness (QED) is 0.434. The van der Waals surface area contributed by atoms with E-state index in [0.29, 0.717) is 23.1 Å². The predicted molar refractivity (Wildman–Crippen MR) is 122 cm³/mol. The number of nitrogens with one attached hydrogen (secondary N) is 1. The highest BCUT2D eigenvalue weighted by molar-refractivity contribution is 6.30. The first-order valence-electron chi connectivity index (χ1n) is 9.88. The van der Waals surface area contributed by atoms with Gasteiger partial charge in [0.15, 0.2) is 5.82 Å². The van der Waals surface area contributed by atoms with E-state index in [2.05, 4.69) is 15.4 Å². The van der Waals surface area contributed by atoms with Gasteiger partial charge in [-0.05, 0) is 80.1 Å². The van der Waals surface area contributed by atoms with Crippen molar-refractivity contribution in [2.24, 2.45) is 0 Å². The molecule has 0 unspecified atom stereocenters. The lowest BCUT2D eigenvalue weighted by atomic mass is 10.2. The largest absolute Gasteiger partial charge is 0.494 e. The lowest BCUT2D eigenvalue weighted by Crippen LogP contribution is -2.14. The first-order chi connectivity index (χ1) is 15.0. The fraction of sp³-hybridized carbons (Fsp3) is 0.125. The van der Waals surface area contributed by atoms with Crippen molar-refractivity contribution in [2.75, 3.05) is 11.9 Å². The summed E-state index contributed by atoms with van der Waals surface area (Å²) >= 11 is 6.04. The zero-order chi connectivity index (χ0) is 21.8. The summed E-state index contributed by atoms with van der Waals surface area (Å²) < 4.78 is 7.16. The molecule has 156 valence electrons. The van der Waals surface area contributed by atoms with Crippen LogP contribution in [0.2, 0.25) is 5.02 Å². The molecule has 0 saturated heterocycles. The number of rotatable bonds is 6. The van der Waals surface area contributed by atoms with E-state index in [-0.39, 0.29) is 11.7 Å². The third-order valence-corrected chi connectivity index (χ3v) is 4.83. The first kappa shape index (κ1) is 20.6. The minimum absolute atomic E-state index is 0.0698. The average Bonchev–Trinajstić information content (AvgIpc) is 3.21. The molecule has 1 aromatic heterocycles. The Morgan fingerprint density at radius 3 is 2.48 bits per heavy atom. The van der Waals surface area contributed by atoms with Gasteiger partial charge in [0.05, 0.1) is 12.3 Å². The number of halogens is 1. The van der Waals surface area contributed by atoms with Gasteiger partial charge in [0, 0.05) is 16.3 Å². The number of carbonyl (C=O) groups excluding carboxylic acids is 1. The van der Waals surface area contributed by atoms with Gasteiger partial charge >= 0.3 is 0 Å². The number of aryl methyl sites for hydroxylation is 1. The van der Waals surface area contributed by atoms with E-state index >= 15 is 0 Å². The van der Waals surface area contributed by atoms with E-state index in [4.69, 9.17) is 16.3 Å². The molecular formula is C24H21ClN4O2. The molecule has 0 aliphatic carbocycles. The second kappa shape index (κ2) is 9.02. The Bertz CT molecular complexity index is 1200. The van der Waals surface area contributed by atoms with E-state index in [1.165, 1.54) is 0 Å². The maximum atomic E-state index is 12.9. The number of amides is 1. The van der Waals surface area contributed by atoms with Gasteiger partial charge < -0.3 is 10.1 Å². The van der Waals surface area contributed by atoms with Crippen molar-refractivity contribution < 1.29 is 9.53 Å². The van der Waals surface area contributed by atoms with Crippen LogP contribution in [0.4, 0.5) is 5.69 Å². The van der Waals surface area contributed by atoms with E-state index in [0.717, 1.165) is 22.6 Å². The standard InChI is InChI=1S/C24H21ClN4O2/c1-3-31-21-13-11-20(12-14-21)29-23(17-7-9-18(25)10-8-17)27-22(28-29)24(30)26-19-6-4-5-16(2)15-19/h4-15H,3H2,1-2H3,(H,26,30). The number of benzene rings is 3. The van der Waals surface area contributed by atoms with Crippen LogP contribution in [0.1, 0.15) is 23.1 Å². The van der Waals surface area contributed by atoms with Crippen LogP contribution < -0.4 is 10.1 Å². The number of aromatic nitrogens is 3. The molecule has 7 heteroatoms. The zero-order valence-electron chi connectivity index (χ0n) is 17.2. The monoisotopic (exact) mass is 432 g/mol. The molecule has 4 rings (SSSR count). The number of ether oxygens (including phenoxy) is 1. The molecule has 0 fully saturated rings. The van der Waals surface area contributed by atoms with Crippen LogP contribution in [-0.4, -0.2) is 27.3 Å². The Morgan fingerprint density at radius 2 is 1.81 bits per heavy atom. The molecule has 0 bridgehead atoms. The molecule has 1 heterocycles. The maximum absolute atomic E-state index is 12.9. The Balaban J connectivity index is 1.72. The molecule has 1 N–H and O–H groups in total. The van der Waals surface area contributed by atoms with Gasteiger partial charge in [0.25, 0.3) is 5.91 Å². The molecule has 6 nitrogen and oxygen atoms in total. The van der Waals surface area contributed by atoms with Gasteiger partial charge in [-0.1, -0.05) is 23.7 Å². The first-order valence-corrected chi connectivity index (χ1v) is 10.3. The summed E-state index contributed by atoms with van der Waals surface area (Å²) in [6.07, 6.45) is 0. The SMILES string of the molecule is CCOc1ccc(-n2nc(C(=O)Nc3cccc(C)c3)nc2-c2ccc(Cl)cc2)cc1. The van der Waals surface area contributed by atoms with E-state index in [9.17, 15) is 4.79 Å². The Morgan fingerprint density at radius 1 is 1.06 bits per heavy atom. The van der Waals surface area contributed by atoms with Crippen LogP contribution in [0.3, 0.4) is 0 Å². The second-order valence-electron chi connectivity index (χ2n) is 6.93. The molecular weight excluding hydrogens is 412 g/mol. The minimum atomic E-state index is -0.384. The fourth-order valence-electron chi connectivity index (χ4n) is 3.13. The molecule has 0 atom stereocenters. The highest BCUT2D eigenvalue weighted by Crippen LogP contribution is 2.24. The van der Waals surface area contributed by atoms with Crippen LogP contribution in [0, 0.1) is 6.92 Å². The second-order valence-corrected chi connectivity index (χ2v) is 7.36. The molecule has 31 heavy (non-hydrogen) atoms. The van der Waals surface area contributed by atoms with Crippen LogP contribution in [0.5, 0.6) is 5.75 Å². The maximum Gasteiger partial charge on any atom is 0.295 e. The fourth-order valence-corrected chi connectivity index (χ4v) is 3.26. The van der Waals surface area contributed by atoms with Gasteiger partial charge in [0.2, 0.25) is 5.82 Å². The van der Waals surface area contributed by atoms with Gasteiger partial charge in [-0.25, -0.2) is 9.67 Å². The Kier molecular flexibility index (Phi) is 6.00. The van der Waals surface area contributed by atoms with Crippen molar-refractivity contribution in [1.29, 1.82) is 0 Å². The zero-order valence-corrected chi connectivity index (χ0v) is 17.9. The molecule has 0 spiro atoms. The lowest BCUT2D eigenvalue weighted by molar-refractivity contribution is 0.101. The summed E-state index contributed by atoms with van der Waals surface area (Å²) in [5.74, 6) is 0.984. The van der Waals surface area contributed by atoms with Gasteiger partial charge in [-0.15, -0.1) is 5.10 Å². The van der Waals surface area contributed by atoms with E-state index < -0.39 is 0 Å². The van der Waals surface area contributed by atoms with Crippen LogP contribution in [0.15, 0.2) is 72.8 Å². The van der Waals surface area contributed by atoms with Gasteiger partial charge in [-0.2, -0.15) is 0 Å². The number of hydrogen-bond acceptors (Lipinski definition) is 4. The summed E-state index contributed by atoms with van der Waals surface area (Å²) in [6, 6.07) is 22.3. The molecule has 0 saturated carbocycles. The Labute approximate surface area is 185 Å². The average molecular weight is 433 g/mol. The highest BCUT2D eigenvalue weighted by atomic mass is 35.5. The van der Waals surface area contributed by atoms with Crippen molar-refractivity contribution in [1.82, 2.24) is 14.8 Å². The summed E-state index contributed by atoms with van der Waals surface area (Å²) in [5.41, 5.74) is 3.29. The summed E-state index contributed by atoms with van der Waals surface area (Å²) in [5, 5.41) is 7.97. The highest BCUT2D eigenvalue weighted by Gasteiger charge is 2.19. The topological polar surface area (TPSA) is 69.0 Å². The van der Waals surface area contributed by atoms with Gasteiger partial charge in [-0.3, -0.25) is 4.79 Å². The number of carbonyl (C=O) groups is 1. The molecule has 1 amide bonds. The lowest BCUT2D eigenvalue weighted by Gasteiger charge is -2.08. The smallest absolute Gasteiger partial charge is 0.295 e. The van der Waals surface area contributed by atoms with Gasteiger partial charge in [0.1, 0.15) is 5.75 Å². The van der Waals surface area contributed by atoms with E-state index in [1.54, 1.807) is 16.8 Å². The predicted octanol–water partition coefficient (Wildman–Crippen LogP) is 5.55. The van der Waals surface area contributed by atoms with Crippen LogP contribution in [-0.2, 0) is 0 Å². The van der Waals surface area contributed by atoms with Crippen molar-refractivity contribution in [3.8, 4) is 22.8 Å². The van der Waals surface area contributed by atoms with Crippen molar-refractivity contribution in [3.63, 3.8) is 0 Å². The molecule has 0 aliphatic heterocycles. The third kappa shape index (κ3) is 4.75. The summed E-state index contributed by atoms with van der Waals surface area (Å²) in [6.45, 7) is 4.48. The van der Waals surface area contributed by atoms with E-state index in [1.807, 2.05) is 74.5 Å². The normalized spacial score (nSPS) is 10.7. The number of anilines is 1. The molecule has 3 aromatic carbocycles. The molecule has 4 aromatic rings. The minimum Gasteiger partial charge on any atom is -0.494 e. The summed E-state index contributed by atoms with van der Waals surface area (Å²) in [4.78, 5) is 17.4. The van der Waals surface area contributed by atoms with Crippen molar-refractivity contribution >= 4 is 23.2 Å². The van der Waals surface area contributed by atoms with Crippen LogP contribution >= 0.6 is 11.6 Å².